The lowest BCUT2D eigenvalue weighted by atomic mass is 10.1. The molecule has 3 heteroatoms. The summed E-state index contributed by atoms with van der Waals surface area (Å²) in [6.45, 7) is 1.92. The van der Waals surface area contributed by atoms with Crippen LogP contribution in [0.15, 0.2) is 66.9 Å². The van der Waals surface area contributed by atoms with Gasteiger partial charge in [-0.3, -0.25) is 0 Å². The first kappa shape index (κ1) is 15.0. The number of hydrogen-bond acceptors (Lipinski definition) is 3. The van der Waals surface area contributed by atoms with E-state index in [9.17, 15) is 4.79 Å². The van der Waals surface area contributed by atoms with Crippen LogP contribution in [0.3, 0.4) is 0 Å². The first-order valence-electron chi connectivity index (χ1n) is 7.08. The zero-order chi connectivity index (χ0) is 14.9. The molecule has 21 heavy (non-hydrogen) atoms. The summed E-state index contributed by atoms with van der Waals surface area (Å²) in [5.41, 5.74) is 1.58. The third kappa shape index (κ3) is 4.88. The van der Waals surface area contributed by atoms with Crippen molar-refractivity contribution in [2.75, 3.05) is 0 Å². The molecule has 1 heterocycles. The Morgan fingerprint density at radius 2 is 1.95 bits per heavy atom. The van der Waals surface area contributed by atoms with Crippen molar-refractivity contribution in [1.29, 1.82) is 0 Å². The van der Waals surface area contributed by atoms with Gasteiger partial charge in [-0.05, 0) is 43.5 Å². The van der Waals surface area contributed by atoms with Gasteiger partial charge in [0.25, 0.3) is 0 Å². The molecular weight excluding hydrogens is 262 g/mol. The third-order valence-electron chi connectivity index (χ3n) is 3.10. The molecule has 0 fully saturated rings. The lowest BCUT2D eigenvalue weighted by Crippen LogP contribution is -2.18. The quantitative estimate of drug-likeness (QED) is 0.597. The molecule has 0 saturated heterocycles. The van der Waals surface area contributed by atoms with E-state index in [1.165, 1.54) is 5.56 Å². The minimum Gasteiger partial charge on any atom is -0.453 e. The van der Waals surface area contributed by atoms with Crippen molar-refractivity contribution in [2.24, 2.45) is 0 Å². The summed E-state index contributed by atoms with van der Waals surface area (Å²) in [6, 6.07) is 15.4. The fourth-order valence-electron chi connectivity index (χ4n) is 2.04. The summed E-state index contributed by atoms with van der Waals surface area (Å²) in [6.07, 6.45) is 6.79. The smallest absolute Gasteiger partial charge is 0.357 e. The van der Waals surface area contributed by atoms with Crippen LogP contribution in [0.5, 0.6) is 0 Å². The topological polar surface area (TPSA) is 39.2 Å². The zero-order valence-electron chi connectivity index (χ0n) is 12.1. The van der Waals surface area contributed by atoms with Crippen molar-refractivity contribution in [2.45, 2.75) is 25.9 Å². The Bertz CT molecular complexity index is 579. The predicted octanol–water partition coefficient (Wildman–Crippen LogP) is 3.82. The molecular formula is C18H19NO2. The lowest BCUT2D eigenvalue weighted by molar-refractivity contribution is 0.0374. The van der Waals surface area contributed by atoms with Gasteiger partial charge in [0.2, 0.25) is 0 Å². The summed E-state index contributed by atoms with van der Waals surface area (Å²) < 4.78 is 5.51. The maximum atomic E-state index is 12.0. The van der Waals surface area contributed by atoms with Gasteiger partial charge in [-0.1, -0.05) is 42.5 Å². The maximum absolute atomic E-state index is 12.0. The largest absolute Gasteiger partial charge is 0.453 e. The molecule has 1 atom stereocenters. The van der Waals surface area contributed by atoms with Crippen LogP contribution in [0.2, 0.25) is 0 Å². The Morgan fingerprint density at radius 1 is 1.19 bits per heavy atom. The number of pyridine rings is 1. The Morgan fingerprint density at radius 3 is 2.62 bits per heavy atom. The molecule has 0 amide bonds. The van der Waals surface area contributed by atoms with Crippen LogP contribution >= 0.6 is 0 Å². The fourth-order valence-corrected chi connectivity index (χ4v) is 2.04. The summed E-state index contributed by atoms with van der Waals surface area (Å²) in [7, 11) is 0. The van der Waals surface area contributed by atoms with E-state index in [-0.39, 0.29) is 12.1 Å². The van der Waals surface area contributed by atoms with Crippen molar-refractivity contribution in [1.82, 2.24) is 4.98 Å². The number of hydrogen-bond donors (Lipinski definition) is 0. The highest BCUT2D eigenvalue weighted by Crippen LogP contribution is 2.11. The Labute approximate surface area is 125 Å². The third-order valence-corrected chi connectivity index (χ3v) is 3.10. The number of aromatic nitrogens is 1. The first-order valence-corrected chi connectivity index (χ1v) is 7.08. The van der Waals surface area contributed by atoms with Crippen LogP contribution < -0.4 is 0 Å². The first-order chi connectivity index (χ1) is 10.3. The number of ether oxygens (including phenoxy) is 1. The second-order valence-electron chi connectivity index (χ2n) is 4.71. The number of rotatable bonds is 6. The van der Waals surface area contributed by atoms with Gasteiger partial charge < -0.3 is 4.74 Å². The Balaban J connectivity index is 1.94. The molecule has 0 N–H and O–H groups in total. The number of carbonyl (C=O) groups excluding carboxylic acids is 1. The molecule has 0 spiro atoms. The molecule has 3 nitrogen and oxygen atoms in total. The van der Waals surface area contributed by atoms with Crippen LogP contribution in [0.4, 0.5) is 0 Å². The number of esters is 1. The molecule has 0 unspecified atom stereocenters. The Kier molecular flexibility index (Phi) is 5.71. The molecule has 1 aromatic heterocycles. The van der Waals surface area contributed by atoms with Gasteiger partial charge in [0, 0.05) is 6.20 Å². The predicted molar refractivity (Wildman–Crippen MR) is 83.0 cm³/mol. The standard InChI is InChI=1S/C18H19NO2/c1-2-8-16(13-12-15-9-4-3-5-10-15)21-18(20)17-11-6-7-14-19-17/h2-11,14,16H,12-13H2,1H3/b8-2-/t16-/m1/s1. The van der Waals surface area contributed by atoms with Gasteiger partial charge >= 0.3 is 5.97 Å². The van der Waals surface area contributed by atoms with Crippen LogP contribution in [-0.4, -0.2) is 17.1 Å². The average molecular weight is 281 g/mol. The molecule has 108 valence electrons. The van der Waals surface area contributed by atoms with Crippen molar-refractivity contribution in [3.63, 3.8) is 0 Å². The number of aryl methyl sites for hydroxylation is 1. The molecule has 0 aliphatic heterocycles. The zero-order valence-corrected chi connectivity index (χ0v) is 12.1. The van der Waals surface area contributed by atoms with Crippen LogP contribution in [0.25, 0.3) is 0 Å². The summed E-state index contributed by atoms with van der Waals surface area (Å²) in [5, 5.41) is 0. The van der Waals surface area contributed by atoms with E-state index in [0.717, 1.165) is 12.8 Å². The maximum Gasteiger partial charge on any atom is 0.357 e. The molecule has 2 aromatic rings. The van der Waals surface area contributed by atoms with E-state index in [4.69, 9.17) is 4.74 Å². The minimum absolute atomic E-state index is 0.232. The van der Waals surface area contributed by atoms with E-state index in [1.807, 2.05) is 37.3 Å². The summed E-state index contributed by atoms with van der Waals surface area (Å²) in [5.74, 6) is -0.383. The second kappa shape index (κ2) is 8.00. The van der Waals surface area contributed by atoms with Crippen molar-refractivity contribution >= 4 is 5.97 Å². The van der Waals surface area contributed by atoms with Gasteiger partial charge in [-0.15, -0.1) is 0 Å². The highest BCUT2D eigenvalue weighted by Gasteiger charge is 2.14. The van der Waals surface area contributed by atoms with Crippen molar-refractivity contribution in [3.8, 4) is 0 Å². The van der Waals surface area contributed by atoms with Crippen LogP contribution in [0.1, 0.15) is 29.4 Å². The van der Waals surface area contributed by atoms with Gasteiger partial charge in [-0.2, -0.15) is 0 Å². The van der Waals surface area contributed by atoms with E-state index < -0.39 is 0 Å². The number of benzene rings is 1. The van der Waals surface area contributed by atoms with E-state index in [1.54, 1.807) is 24.4 Å². The van der Waals surface area contributed by atoms with E-state index in [2.05, 4.69) is 17.1 Å². The highest BCUT2D eigenvalue weighted by atomic mass is 16.5. The minimum atomic E-state index is -0.383. The van der Waals surface area contributed by atoms with Gasteiger partial charge in [0.1, 0.15) is 11.8 Å². The van der Waals surface area contributed by atoms with Gasteiger partial charge in [0.05, 0.1) is 0 Å². The average Bonchev–Trinajstić information content (AvgIpc) is 2.54. The van der Waals surface area contributed by atoms with Crippen LogP contribution in [0, 0.1) is 0 Å². The molecule has 0 aliphatic rings. The number of nitrogens with zero attached hydrogens (tertiary/aromatic N) is 1. The van der Waals surface area contributed by atoms with Crippen molar-refractivity contribution in [3.05, 3.63) is 78.1 Å². The fraction of sp³-hybridized carbons (Fsp3) is 0.222. The lowest BCUT2D eigenvalue weighted by Gasteiger charge is -2.14. The molecule has 2 rings (SSSR count). The molecule has 0 aliphatic carbocycles. The van der Waals surface area contributed by atoms with E-state index in [0.29, 0.717) is 5.69 Å². The number of carbonyl (C=O) groups is 1. The normalized spacial score (nSPS) is 12.2. The molecule has 0 bridgehead atoms. The SMILES string of the molecule is C/C=C\[C@H](CCc1ccccc1)OC(=O)c1ccccn1. The van der Waals surface area contributed by atoms with Crippen molar-refractivity contribution < 1.29 is 9.53 Å². The second-order valence-corrected chi connectivity index (χ2v) is 4.71. The monoisotopic (exact) mass is 281 g/mol. The van der Waals surface area contributed by atoms with Gasteiger partial charge in [0.15, 0.2) is 0 Å². The number of allylic oxidation sites excluding steroid dienone is 1. The Hall–Kier alpha value is -2.42. The molecule has 0 saturated carbocycles. The van der Waals surface area contributed by atoms with E-state index >= 15 is 0 Å². The summed E-state index contributed by atoms with van der Waals surface area (Å²) >= 11 is 0. The van der Waals surface area contributed by atoms with Gasteiger partial charge in [-0.25, -0.2) is 9.78 Å². The molecule has 0 radical (unpaired) electrons. The molecule has 1 aromatic carbocycles. The highest BCUT2D eigenvalue weighted by molar-refractivity contribution is 5.87. The summed E-state index contributed by atoms with van der Waals surface area (Å²) in [4.78, 5) is 16.0. The van der Waals surface area contributed by atoms with Crippen LogP contribution in [-0.2, 0) is 11.2 Å².